The number of aryl methyl sites for hydroxylation is 1. The molecular weight excluding hydrogens is 445 g/mol. The molecule has 0 atom stereocenters. The Morgan fingerprint density at radius 1 is 1.23 bits per heavy atom. The van der Waals surface area contributed by atoms with E-state index in [1.54, 1.807) is 12.3 Å². The number of aromatic nitrogens is 3. The Balaban J connectivity index is 1.52. The van der Waals surface area contributed by atoms with Gasteiger partial charge < -0.3 is 5.32 Å². The number of carbonyl (C=O) groups is 1. The molecule has 1 amide bonds. The molecule has 2 N–H and O–H groups in total. The number of hydrogen-bond acceptors (Lipinski definition) is 6. The standard InChI is InChI=1S/C20H19Cl2N5O2S/c1-13-10-15(26-18(28)12-27-20(29)19(22)16(21)11-24-27)5-6-17(13)30-25-9-7-14-4-2-3-8-23-14/h2-6,8,10-11,25H,7,9,12H2,1H3,(H,26,28). The van der Waals surface area contributed by atoms with Gasteiger partial charge in [-0.05, 0) is 54.8 Å². The zero-order chi connectivity index (χ0) is 21.5. The maximum absolute atomic E-state index is 12.3. The molecule has 0 aliphatic rings. The van der Waals surface area contributed by atoms with Gasteiger partial charge in [0.05, 0.1) is 11.2 Å². The lowest BCUT2D eigenvalue weighted by atomic mass is 10.2. The van der Waals surface area contributed by atoms with Crippen LogP contribution in [0.1, 0.15) is 11.3 Å². The molecule has 156 valence electrons. The molecule has 0 fully saturated rings. The lowest BCUT2D eigenvalue weighted by Crippen LogP contribution is -2.29. The second-order valence-electron chi connectivity index (χ2n) is 6.37. The van der Waals surface area contributed by atoms with E-state index < -0.39 is 11.5 Å². The fourth-order valence-electron chi connectivity index (χ4n) is 2.59. The second kappa shape index (κ2) is 10.6. The van der Waals surface area contributed by atoms with Crippen molar-refractivity contribution < 1.29 is 4.79 Å². The zero-order valence-electron chi connectivity index (χ0n) is 16.1. The van der Waals surface area contributed by atoms with Crippen molar-refractivity contribution >= 4 is 46.7 Å². The summed E-state index contributed by atoms with van der Waals surface area (Å²) < 4.78 is 4.28. The van der Waals surface area contributed by atoms with Crippen molar-refractivity contribution in [1.29, 1.82) is 0 Å². The first-order valence-electron chi connectivity index (χ1n) is 9.05. The van der Waals surface area contributed by atoms with Crippen LogP contribution < -0.4 is 15.6 Å². The molecule has 0 radical (unpaired) electrons. The molecule has 0 unspecified atom stereocenters. The van der Waals surface area contributed by atoms with Crippen LogP contribution in [-0.4, -0.2) is 27.2 Å². The molecule has 1 aromatic carbocycles. The summed E-state index contributed by atoms with van der Waals surface area (Å²) in [6.07, 6.45) is 3.85. The van der Waals surface area contributed by atoms with Crippen molar-refractivity contribution in [3.05, 3.63) is 80.4 Å². The van der Waals surface area contributed by atoms with E-state index in [4.69, 9.17) is 23.2 Å². The van der Waals surface area contributed by atoms with E-state index in [-0.39, 0.29) is 16.6 Å². The van der Waals surface area contributed by atoms with E-state index in [0.29, 0.717) is 5.69 Å². The van der Waals surface area contributed by atoms with E-state index in [1.807, 2.05) is 37.3 Å². The fraction of sp³-hybridized carbons (Fsp3) is 0.200. The highest BCUT2D eigenvalue weighted by molar-refractivity contribution is 7.97. The summed E-state index contributed by atoms with van der Waals surface area (Å²) in [5.74, 6) is -0.392. The first-order chi connectivity index (χ1) is 14.4. The van der Waals surface area contributed by atoms with Crippen LogP contribution in [0, 0.1) is 6.92 Å². The van der Waals surface area contributed by atoms with Gasteiger partial charge in [0.1, 0.15) is 11.6 Å². The van der Waals surface area contributed by atoms with Gasteiger partial charge in [0.15, 0.2) is 0 Å². The van der Waals surface area contributed by atoms with Crippen LogP contribution >= 0.6 is 35.1 Å². The smallest absolute Gasteiger partial charge is 0.287 e. The number of benzene rings is 1. The fourth-order valence-corrected chi connectivity index (χ4v) is 3.58. The Kier molecular flexibility index (Phi) is 7.87. The third kappa shape index (κ3) is 6.06. The molecule has 0 saturated carbocycles. The summed E-state index contributed by atoms with van der Waals surface area (Å²) in [6, 6.07) is 11.5. The highest BCUT2D eigenvalue weighted by atomic mass is 35.5. The van der Waals surface area contributed by atoms with E-state index in [9.17, 15) is 9.59 Å². The van der Waals surface area contributed by atoms with Crippen LogP contribution in [-0.2, 0) is 17.8 Å². The van der Waals surface area contributed by atoms with Crippen LogP contribution in [0.5, 0.6) is 0 Å². The van der Waals surface area contributed by atoms with Gasteiger partial charge in [0, 0.05) is 35.4 Å². The Bertz CT molecular complexity index is 1090. The molecule has 0 aliphatic carbocycles. The minimum absolute atomic E-state index is 0.0516. The van der Waals surface area contributed by atoms with E-state index in [2.05, 4.69) is 20.1 Å². The number of hydrogen-bond donors (Lipinski definition) is 2. The quantitative estimate of drug-likeness (QED) is 0.390. The number of rotatable bonds is 8. The summed E-state index contributed by atoms with van der Waals surface area (Å²) >= 11 is 13.1. The Morgan fingerprint density at radius 2 is 2.07 bits per heavy atom. The summed E-state index contributed by atoms with van der Waals surface area (Å²) in [5.41, 5.74) is 2.06. The SMILES string of the molecule is Cc1cc(NC(=O)Cn2ncc(Cl)c(Cl)c2=O)ccc1SNCCc1ccccn1. The average molecular weight is 464 g/mol. The number of carbonyl (C=O) groups excluding carboxylic acids is 1. The lowest BCUT2D eigenvalue weighted by Gasteiger charge is -2.11. The molecule has 3 rings (SSSR count). The topological polar surface area (TPSA) is 88.9 Å². The minimum atomic E-state index is -0.612. The number of amides is 1. The van der Waals surface area contributed by atoms with Crippen molar-refractivity contribution in [2.75, 3.05) is 11.9 Å². The summed E-state index contributed by atoms with van der Waals surface area (Å²) in [4.78, 5) is 29.6. The highest BCUT2D eigenvalue weighted by Crippen LogP contribution is 2.23. The third-order valence-corrected chi connectivity index (χ3v) is 5.86. The van der Waals surface area contributed by atoms with Gasteiger partial charge in [-0.25, -0.2) is 4.68 Å². The minimum Gasteiger partial charge on any atom is -0.324 e. The molecular formula is C20H19Cl2N5O2S. The number of anilines is 1. The highest BCUT2D eigenvalue weighted by Gasteiger charge is 2.11. The van der Waals surface area contributed by atoms with Crippen molar-refractivity contribution in [3.63, 3.8) is 0 Å². The monoisotopic (exact) mass is 463 g/mol. The van der Waals surface area contributed by atoms with Gasteiger partial charge in [-0.15, -0.1) is 0 Å². The Hall–Kier alpha value is -2.39. The number of halogens is 2. The molecule has 0 saturated heterocycles. The number of pyridine rings is 1. The van der Waals surface area contributed by atoms with E-state index in [0.717, 1.165) is 33.8 Å². The second-order valence-corrected chi connectivity index (χ2v) is 8.08. The maximum Gasteiger partial charge on any atom is 0.287 e. The van der Waals surface area contributed by atoms with Crippen LogP contribution in [0.2, 0.25) is 10.0 Å². The number of nitrogens with zero attached hydrogens (tertiary/aromatic N) is 3. The molecule has 7 nitrogen and oxygen atoms in total. The average Bonchev–Trinajstić information content (AvgIpc) is 2.73. The molecule has 0 bridgehead atoms. The predicted molar refractivity (Wildman–Crippen MR) is 120 cm³/mol. The van der Waals surface area contributed by atoms with Crippen LogP contribution in [0.25, 0.3) is 0 Å². The molecule has 0 aliphatic heterocycles. The molecule has 10 heteroatoms. The van der Waals surface area contributed by atoms with Crippen molar-refractivity contribution in [1.82, 2.24) is 19.5 Å². The summed E-state index contributed by atoms with van der Waals surface area (Å²) in [7, 11) is 0. The van der Waals surface area contributed by atoms with Gasteiger partial charge in [0.2, 0.25) is 5.91 Å². The molecule has 3 aromatic rings. The normalized spacial score (nSPS) is 10.8. The Morgan fingerprint density at radius 3 is 2.80 bits per heavy atom. The van der Waals surface area contributed by atoms with Crippen molar-refractivity contribution in [3.8, 4) is 0 Å². The maximum atomic E-state index is 12.3. The van der Waals surface area contributed by atoms with Gasteiger partial charge in [-0.2, -0.15) is 5.10 Å². The molecule has 2 heterocycles. The van der Waals surface area contributed by atoms with Gasteiger partial charge in [-0.1, -0.05) is 29.3 Å². The van der Waals surface area contributed by atoms with Crippen molar-refractivity contribution in [2.45, 2.75) is 24.8 Å². The van der Waals surface area contributed by atoms with E-state index in [1.165, 1.54) is 18.1 Å². The Labute approximate surface area is 187 Å². The molecule has 30 heavy (non-hydrogen) atoms. The third-order valence-electron chi connectivity index (χ3n) is 4.09. The molecule has 0 spiro atoms. The zero-order valence-corrected chi connectivity index (χ0v) is 18.4. The molecule has 2 aromatic heterocycles. The lowest BCUT2D eigenvalue weighted by molar-refractivity contribution is -0.117. The first kappa shape index (κ1) is 22.3. The van der Waals surface area contributed by atoms with Crippen molar-refractivity contribution in [2.24, 2.45) is 0 Å². The largest absolute Gasteiger partial charge is 0.324 e. The first-order valence-corrected chi connectivity index (χ1v) is 10.6. The summed E-state index contributed by atoms with van der Waals surface area (Å²) in [6.45, 7) is 2.48. The van der Waals surface area contributed by atoms with E-state index >= 15 is 0 Å². The predicted octanol–water partition coefficient (Wildman–Crippen LogP) is 3.73. The van der Waals surface area contributed by atoms with Gasteiger partial charge in [-0.3, -0.25) is 19.3 Å². The summed E-state index contributed by atoms with van der Waals surface area (Å²) in [5, 5.41) is 6.47. The van der Waals surface area contributed by atoms with Crippen LogP contribution in [0.4, 0.5) is 5.69 Å². The van der Waals surface area contributed by atoms with Gasteiger partial charge in [0.25, 0.3) is 5.56 Å². The van der Waals surface area contributed by atoms with Crippen LogP contribution in [0.15, 0.2) is 58.5 Å². The van der Waals surface area contributed by atoms with Gasteiger partial charge >= 0.3 is 0 Å². The number of nitrogens with one attached hydrogen (secondary N) is 2. The van der Waals surface area contributed by atoms with Crippen LogP contribution in [0.3, 0.4) is 0 Å².